The number of hydrogen-bond donors (Lipinski definition) is 0. The van der Waals surface area contributed by atoms with Crippen LogP contribution in [0.5, 0.6) is 0 Å². The molecule has 0 spiro atoms. The van der Waals surface area contributed by atoms with E-state index in [0.717, 1.165) is 12.8 Å². The molecule has 0 heterocycles. The van der Waals surface area contributed by atoms with E-state index in [1.54, 1.807) is 20.0 Å². The first-order valence-electron chi connectivity index (χ1n) is 5.03. The van der Waals surface area contributed by atoms with Crippen molar-refractivity contribution in [3.05, 3.63) is 47.1 Å². The van der Waals surface area contributed by atoms with Gasteiger partial charge >= 0.3 is 24.8 Å². The zero-order valence-electron chi connectivity index (χ0n) is 10.6. The third-order valence-electron chi connectivity index (χ3n) is 2.41. The minimum Gasteiger partial charge on any atom is -1.00 e. The number of halogens is 2. The molecule has 0 N–H and O–H groups in total. The van der Waals surface area contributed by atoms with Gasteiger partial charge in [0.1, 0.15) is 0 Å². The Kier molecular flexibility index (Phi) is 18.6. The zero-order chi connectivity index (χ0) is 11.7. The molecule has 0 fully saturated rings. The molecule has 0 bridgehead atoms. The van der Waals surface area contributed by atoms with E-state index in [0.29, 0.717) is 0 Å². The summed E-state index contributed by atoms with van der Waals surface area (Å²) in [6, 6.07) is 0. The predicted molar refractivity (Wildman–Crippen MR) is 64.1 cm³/mol. The maximum atomic E-state index is 3.26. The third-order valence-corrected chi connectivity index (χ3v) is 2.41. The quantitative estimate of drug-likeness (QED) is 0.351. The Morgan fingerprint density at radius 3 is 1.88 bits per heavy atom. The molecule has 17 heavy (non-hydrogen) atoms. The molecule has 2 rings (SSSR count). The minimum absolute atomic E-state index is 0. The second-order valence-electron chi connectivity index (χ2n) is 3.39. The van der Waals surface area contributed by atoms with Gasteiger partial charge in [-0.05, 0) is 0 Å². The van der Waals surface area contributed by atoms with E-state index in [4.69, 9.17) is 0 Å². The maximum absolute atomic E-state index is 3.26. The van der Waals surface area contributed by atoms with Crippen molar-refractivity contribution in [1.82, 2.24) is 0 Å². The first kappa shape index (κ1) is 22.3. The van der Waals surface area contributed by atoms with Gasteiger partial charge in [-0.25, -0.2) is 17.7 Å². The summed E-state index contributed by atoms with van der Waals surface area (Å²) in [7, 11) is 0. The van der Waals surface area contributed by atoms with Crippen molar-refractivity contribution in [2.75, 3.05) is 0 Å². The van der Waals surface area contributed by atoms with Gasteiger partial charge in [-0.15, -0.1) is 19.8 Å². The van der Waals surface area contributed by atoms with Crippen LogP contribution in [-0.2, 0) is 20.0 Å². The number of rotatable bonds is 0. The van der Waals surface area contributed by atoms with Crippen molar-refractivity contribution in [2.45, 2.75) is 33.6 Å². The van der Waals surface area contributed by atoms with Gasteiger partial charge in [0.25, 0.3) is 0 Å². The van der Waals surface area contributed by atoms with Crippen LogP contribution < -0.4 is 24.8 Å². The van der Waals surface area contributed by atoms with Crippen molar-refractivity contribution in [3.63, 3.8) is 0 Å². The Hall–Kier alpha value is 0.124. The largest absolute Gasteiger partial charge is 1.00 e. The summed E-state index contributed by atoms with van der Waals surface area (Å²) < 4.78 is 0. The third kappa shape index (κ3) is 9.79. The van der Waals surface area contributed by atoms with Crippen LogP contribution in [0.3, 0.4) is 0 Å². The summed E-state index contributed by atoms with van der Waals surface area (Å²) in [5.41, 5.74) is 4.25. The Labute approximate surface area is 130 Å². The maximum Gasteiger partial charge on any atom is -1.00 e. The summed E-state index contributed by atoms with van der Waals surface area (Å²) in [6.07, 6.45) is 14.3. The van der Waals surface area contributed by atoms with E-state index in [2.05, 4.69) is 43.8 Å². The van der Waals surface area contributed by atoms with Crippen molar-refractivity contribution < 1.29 is 44.8 Å². The van der Waals surface area contributed by atoms with Crippen LogP contribution in [0.15, 0.2) is 34.9 Å². The fourth-order valence-corrected chi connectivity index (χ4v) is 1.19. The molecular formula is C14H18Cl2Ti-2. The molecule has 0 unspecified atom stereocenters. The molecule has 0 atom stereocenters. The summed E-state index contributed by atoms with van der Waals surface area (Å²) in [4.78, 5) is 3.25. The van der Waals surface area contributed by atoms with Gasteiger partial charge in [-0.2, -0.15) is 17.2 Å². The molecule has 0 radical (unpaired) electrons. The van der Waals surface area contributed by atoms with E-state index in [-0.39, 0.29) is 24.8 Å². The van der Waals surface area contributed by atoms with E-state index >= 15 is 0 Å². The molecule has 94 valence electrons. The molecular weight excluding hydrogens is 287 g/mol. The predicted octanol–water partition coefficient (Wildman–Crippen LogP) is -2.25. The second-order valence-corrected chi connectivity index (χ2v) is 3.39. The second kappa shape index (κ2) is 14.2. The van der Waals surface area contributed by atoms with Crippen molar-refractivity contribution in [3.8, 4) is 0 Å². The molecule has 2 aliphatic rings. The summed E-state index contributed by atoms with van der Waals surface area (Å²) in [5, 5.41) is 0. The van der Waals surface area contributed by atoms with Gasteiger partial charge in [0, 0.05) is 0 Å². The molecule has 0 aromatic heterocycles. The van der Waals surface area contributed by atoms with Crippen LogP contribution in [0, 0.1) is 12.2 Å². The average Bonchev–Trinajstić information content (AvgIpc) is 2.92. The monoisotopic (exact) mass is 304 g/mol. The van der Waals surface area contributed by atoms with Gasteiger partial charge < -0.3 is 24.8 Å². The fraction of sp³-hybridized carbons (Fsp3) is 0.357. The molecule has 0 aromatic carbocycles. The van der Waals surface area contributed by atoms with E-state index in [9.17, 15) is 0 Å². The molecule has 2 aliphatic carbocycles. The molecule has 0 nitrogen and oxygen atoms in total. The van der Waals surface area contributed by atoms with Crippen LogP contribution in [0.1, 0.15) is 33.6 Å². The average molecular weight is 305 g/mol. The Balaban J connectivity index is -0.000000192. The van der Waals surface area contributed by atoms with E-state index in [1.807, 2.05) is 12.2 Å². The molecule has 0 aliphatic heterocycles. The summed E-state index contributed by atoms with van der Waals surface area (Å²) in [6.45, 7) is 6.44. The summed E-state index contributed by atoms with van der Waals surface area (Å²) in [5.74, 6) is 0. The topological polar surface area (TPSA) is 0 Å². The molecule has 0 aromatic rings. The van der Waals surface area contributed by atoms with Crippen LogP contribution in [0.25, 0.3) is 0 Å². The SMILES string of the molecule is CC1=[C-]CC(C)=C1C.[C-]1=CC=CC1.[CH2]=[Ti+2].[Cl-].[Cl-]. The van der Waals surface area contributed by atoms with Crippen LogP contribution in [0.2, 0.25) is 0 Å². The molecule has 0 amide bonds. The fourth-order valence-electron chi connectivity index (χ4n) is 1.19. The molecule has 0 saturated heterocycles. The van der Waals surface area contributed by atoms with Crippen LogP contribution in [0.4, 0.5) is 0 Å². The van der Waals surface area contributed by atoms with E-state index in [1.165, 1.54) is 16.7 Å². The Bertz CT molecular complexity index is 297. The minimum atomic E-state index is 0. The van der Waals surface area contributed by atoms with Crippen molar-refractivity contribution in [1.29, 1.82) is 0 Å². The normalized spacial score (nSPS) is 14.8. The smallest absolute Gasteiger partial charge is 1.00 e. The number of hydrogen-bond acceptors (Lipinski definition) is 0. The van der Waals surface area contributed by atoms with Gasteiger partial charge in [0.2, 0.25) is 0 Å². The van der Waals surface area contributed by atoms with Crippen molar-refractivity contribution in [2.24, 2.45) is 0 Å². The zero-order valence-corrected chi connectivity index (χ0v) is 13.7. The van der Waals surface area contributed by atoms with Gasteiger partial charge in [0.05, 0.1) is 0 Å². The summed E-state index contributed by atoms with van der Waals surface area (Å²) >= 11 is 1.75. The van der Waals surface area contributed by atoms with Crippen molar-refractivity contribution >= 4 is 4.82 Å². The Morgan fingerprint density at radius 2 is 1.76 bits per heavy atom. The molecule has 0 saturated carbocycles. The van der Waals surface area contributed by atoms with Crippen LogP contribution >= 0.6 is 0 Å². The van der Waals surface area contributed by atoms with E-state index < -0.39 is 0 Å². The number of allylic oxidation sites excluding steroid dienone is 8. The van der Waals surface area contributed by atoms with Gasteiger partial charge in [-0.3, -0.25) is 12.2 Å². The standard InChI is InChI=1S/C8H11.C5H5.CH2.2ClH.Ti/c1-6-4-5-7(2)8(6)3;1-2-4-5-3-1;;;;/h4H2,1-3H3;1-3H,4H2;1H2;2*1H;/q2*-1;;;;+2/p-2. The Morgan fingerprint density at radius 1 is 1.18 bits per heavy atom. The van der Waals surface area contributed by atoms with Gasteiger partial charge in [-0.1, -0.05) is 13.8 Å². The molecule has 3 heteroatoms. The van der Waals surface area contributed by atoms with Gasteiger partial charge in [0.15, 0.2) is 0 Å². The van der Waals surface area contributed by atoms with Crippen LogP contribution in [-0.4, -0.2) is 4.82 Å². The first-order valence-corrected chi connectivity index (χ1v) is 6.13. The first-order chi connectivity index (χ1) is 7.22.